The van der Waals surface area contributed by atoms with Crippen LogP contribution in [0.2, 0.25) is 0 Å². The molecule has 2 aromatic rings. The Morgan fingerprint density at radius 3 is 2.60 bits per heavy atom. The second-order valence-electron chi connectivity index (χ2n) is 4.92. The molecule has 0 saturated heterocycles. The summed E-state index contributed by atoms with van der Waals surface area (Å²) in [5, 5.41) is 3.00. The molecule has 0 spiro atoms. The predicted octanol–water partition coefficient (Wildman–Crippen LogP) is 4.27. The molecule has 20 heavy (non-hydrogen) atoms. The van der Waals surface area contributed by atoms with Crippen LogP contribution >= 0.6 is 31.9 Å². The number of rotatable bonds is 3. The quantitative estimate of drug-likeness (QED) is 0.840. The summed E-state index contributed by atoms with van der Waals surface area (Å²) in [6, 6.07) is 11.2. The number of hydrogen-bond donors (Lipinski definition) is 1. The van der Waals surface area contributed by atoms with Crippen molar-refractivity contribution in [3.63, 3.8) is 0 Å². The molecule has 1 amide bonds. The van der Waals surface area contributed by atoms with E-state index in [1.165, 1.54) is 0 Å². The third-order valence-electron chi connectivity index (χ3n) is 2.90. The Bertz CT molecular complexity index is 627. The Labute approximate surface area is 135 Å². The highest BCUT2D eigenvalue weighted by atomic mass is 79.9. The minimum absolute atomic E-state index is 0.145. The summed E-state index contributed by atoms with van der Waals surface area (Å²) in [6.45, 7) is 3.86. The normalized spacial score (nSPS) is 11.2. The van der Waals surface area contributed by atoms with Gasteiger partial charge in [0.2, 0.25) is 0 Å². The van der Waals surface area contributed by atoms with Crippen LogP contribution in [-0.4, -0.2) is 10.9 Å². The predicted molar refractivity (Wildman–Crippen MR) is 86.6 cm³/mol. The van der Waals surface area contributed by atoms with Gasteiger partial charge >= 0.3 is 0 Å². The van der Waals surface area contributed by atoms with Crippen LogP contribution < -0.4 is 5.32 Å². The lowest BCUT2D eigenvalue weighted by Crippen LogP contribution is -2.41. The highest BCUT2D eigenvalue weighted by molar-refractivity contribution is 9.11. The highest BCUT2D eigenvalue weighted by Crippen LogP contribution is 2.24. The van der Waals surface area contributed by atoms with Gasteiger partial charge in [-0.25, -0.2) is 0 Å². The molecule has 1 N–H and O–H groups in total. The number of nitrogens with one attached hydrogen (secondary N) is 1. The molecule has 0 saturated carbocycles. The first-order chi connectivity index (χ1) is 9.40. The fourth-order valence-electron chi connectivity index (χ4n) is 1.82. The zero-order valence-electron chi connectivity index (χ0n) is 11.2. The van der Waals surface area contributed by atoms with Crippen LogP contribution in [-0.2, 0) is 5.54 Å². The Morgan fingerprint density at radius 1 is 1.20 bits per heavy atom. The SMILES string of the molecule is CC(C)(NC(=O)c1cc(Br)ccc1Br)c1ccccn1. The molecular formula is C15H14Br2N2O. The van der Waals surface area contributed by atoms with Gasteiger partial charge in [0.1, 0.15) is 0 Å². The van der Waals surface area contributed by atoms with E-state index in [0.29, 0.717) is 5.56 Å². The van der Waals surface area contributed by atoms with Crippen LogP contribution in [0, 0.1) is 0 Å². The van der Waals surface area contributed by atoms with Crippen LogP contribution in [0.25, 0.3) is 0 Å². The van der Waals surface area contributed by atoms with Crippen molar-refractivity contribution in [1.29, 1.82) is 0 Å². The van der Waals surface area contributed by atoms with Crippen LogP contribution in [0.15, 0.2) is 51.5 Å². The number of hydrogen-bond acceptors (Lipinski definition) is 2. The Kier molecular flexibility index (Phi) is 4.60. The number of benzene rings is 1. The van der Waals surface area contributed by atoms with E-state index >= 15 is 0 Å². The summed E-state index contributed by atoms with van der Waals surface area (Å²) in [5.41, 5.74) is 0.864. The lowest BCUT2D eigenvalue weighted by molar-refractivity contribution is 0.0909. The number of amides is 1. The van der Waals surface area contributed by atoms with E-state index in [9.17, 15) is 4.79 Å². The Morgan fingerprint density at radius 2 is 1.95 bits per heavy atom. The molecule has 5 heteroatoms. The van der Waals surface area contributed by atoms with Gasteiger partial charge in [-0.3, -0.25) is 9.78 Å². The van der Waals surface area contributed by atoms with Gasteiger partial charge in [-0.05, 0) is 60.1 Å². The van der Waals surface area contributed by atoms with Crippen LogP contribution in [0.1, 0.15) is 29.9 Å². The standard InChI is InChI=1S/C15H14Br2N2O/c1-15(2,13-5-3-4-8-18-13)19-14(20)11-9-10(16)6-7-12(11)17/h3-9H,1-2H3,(H,19,20). The summed E-state index contributed by atoms with van der Waals surface area (Å²) in [5.74, 6) is -0.145. The van der Waals surface area contributed by atoms with E-state index in [4.69, 9.17) is 0 Å². The smallest absolute Gasteiger partial charge is 0.253 e. The molecule has 0 unspecified atom stereocenters. The Balaban J connectivity index is 2.25. The van der Waals surface area contributed by atoms with Gasteiger partial charge in [0.05, 0.1) is 16.8 Å². The van der Waals surface area contributed by atoms with Crippen molar-refractivity contribution in [2.45, 2.75) is 19.4 Å². The third kappa shape index (κ3) is 3.46. The molecule has 0 fully saturated rings. The number of carbonyl (C=O) groups is 1. The lowest BCUT2D eigenvalue weighted by Gasteiger charge is -2.26. The van der Waals surface area contributed by atoms with Crippen LogP contribution in [0.5, 0.6) is 0 Å². The summed E-state index contributed by atoms with van der Waals surface area (Å²) in [7, 11) is 0. The first-order valence-corrected chi connectivity index (χ1v) is 7.68. The van der Waals surface area contributed by atoms with E-state index in [-0.39, 0.29) is 5.91 Å². The minimum atomic E-state index is -0.542. The van der Waals surface area contributed by atoms with Gasteiger partial charge in [0, 0.05) is 15.1 Å². The maximum absolute atomic E-state index is 12.4. The molecule has 1 aromatic carbocycles. The summed E-state index contributed by atoms with van der Waals surface area (Å²) >= 11 is 6.77. The summed E-state index contributed by atoms with van der Waals surface area (Å²) < 4.78 is 1.62. The van der Waals surface area contributed by atoms with Crippen molar-refractivity contribution in [2.75, 3.05) is 0 Å². The third-order valence-corrected chi connectivity index (χ3v) is 4.09. The van der Waals surface area contributed by atoms with E-state index in [1.54, 1.807) is 12.3 Å². The van der Waals surface area contributed by atoms with Crippen LogP contribution in [0.3, 0.4) is 0 Å². The molecule has 0 bridgehead atoms. The van der Waals surface area contributed by atoms with E-state index < -0.39 is 5.54 Å². The second kappa shape index (κ2) is 6.06. The van der Waals surface area contributed by atoms with Gasteiger partial charge in [0.15, 0.2) is 0 Å². The number of halogens is 2. The van der Waals surface area contributed by atoms with E-state index in [0.717, 1.165) is 14.6 Å². The van der Waals surface area contributed by atoms with E-state index in [2.05, 4.69) is 42.2 Å². The number of aromatic nitrogens is 1. The van der Waals surface area contributed by atoms with Gasteiger partial charge < -0.3 is 5.32 Å². The lowest BCUT2D eigenvalue weighted by atomic mass is 9.99. The zero-order valence-corrected chi connectivity index (χ0v) is 14.3. The second-order valence-corrected chi connectivity index (χ2v) is 6.69. The molecule has 0 aliphatic heterocycles. The van der Waals surface area contributed by atoms with Crippen LogP contribution in [0.4, 0.5) is 0 Å². The fraction of sp³-hybridized carbons (Fsp3) is 0.200. The zero-order chi connectivity index (χ0) is 14.8. The van der Waals surface area contributed by atoms with Crippen molar-refractivity contribution >= 4 is 37.8 Å². The fourth-order valence-corrected chi connectivity index (χ4v) is 2.61. The highest BCUT2D eigenvalue weighted by Gasteiger charge is 2.25. The van der Waals surface area contributed by atoms with Gasteiger partial charge in [-0.1, -0.05) is 22.0 Å². The van der Waals surface area contributed by atoms with Crippen molar-refractivity contribution in [2.24, 2.45) is 0 Å². The van der Waals surface area contributed by atoms with Gasteiger partial charge in [0.25, 0.3) is 5.91 Å². The Hall–Kier alpha value is -1.20. The number of pyridine rings is 1. The maximum Gasteiger partial charge on any atom is 0.253 e. The molecule has 104 valence electrons. The summed E-state index contributed by atoms with van der Waals surface area (Å²) in [6.07, 6.45) is 1.72. The molecule has 0 aliphatic carbocycles. The van der Waals surface area contributed by atoms with Crippen molar-refractivity contribution in [1.82, 2.24) is 10.3 Å². The molecule has 1 heterocycles. The molecule has 1 aromatic heterocycles. The largest absolute Gasteiger partial charge is 0.341 e. The monoisotopic (exact) mass is 396 g/mol. The molecule has 2 rings (SSSR count). The number of carbonyl (C=O) groups excluding carboxylic acids is 1. The van der Waals surface area contributed by atoms with Gasteiger partial charge in [-0.15, -0.1) is 0 Å². The summed E-state index contributed by atoms with van der Waals surface area (Å²) in [4.78, 5) is 16.7. The topological polar surface area (TPSA) is 42.0 Å². The van der Waals surface area contributed by atoms with Crippen molar-refractivity contribution < 1.29 is 4.79 Å². The first-order valence-electron chi connectivity index (χ1n) is 6.09. The molecule has 3 nitrogen and oxygen atoms in total. The van der Waals surface area contributed by atoms with Crippen molar-refractivity contribution in [3.05, 3.63) is 62.8 Å². The average molecular weight is 398 g/mol. The molecule has 0 radical (unpaired) electrons. The maximum atomic E-state index is 12.4. The minimum Gasteiger partial charge on any atom is -0.341 e. The number of nitrogens with zero attached hydrogens (tertiary/aromatic N) is 1. The van der Waals surface area contributed by atoms with E-state index in [1.807, 2.05) is 44.2 Å². The average Bonchev–Trinajstić information content (AvgIpc) is 2.42. The molecular weight excluding hydrogens is 384 g/mol. The van der Waals surface area contributed by atoms with Gasteiger partial charge in [-0.2, -0.15) is 0 Å². The van der Waals surface area contributed by atoms with Crippen molar-refractivity contribution in [3.8, 4) is 0 Å². The molecule has 0 atom stereocenters. The molecule has 0 aliphatic rings. The first kappa shape index (κ1) is 15.2.